The van der Waals surface area contributed by atoms with Crippen LogP contribution < -0.4 is 4.74 Å². The zero-order valence-corrected chi connectivity index (χ0v) is 23.0. The first-order valence-corrected chi connectivity index (χ1v) is 15.3. The summed E-state index contributed by atoms with van der Waals surface area (Å²) in [5, 5.41) is 0. The molecule has 206 valence electrons. The van der Waals surface area contributed by atoms with Gasteiger partial charge in [0.1, 0.15) is 17.4 Å². The van der Waals surface area contributed by atoms with Crippen LogP contribution in [0, 0.1) is 47.1 Å². The van der Waals surface area contributed by atoms with Crippen LogP contribution in [-0.2, 0) is 11.2 Å². The summed E-state index contributed by atoms with van der Waals surface area (Å²) in [4.78, 5) is 12.8. The second-order valence-electron chi connectivity index (χ2n) is 12.3. The lowest BCUT2D eigenvalue weighted by atomic mass is 9.60. The Bertz CT molecular complexity index is 865. The van der Waals surface area contributed by atoms with E-state index in [-0.39, 0.29) is 29.6 Å². The molecule has 1 aromatic carbocycles. The molecule has 0 aromatic heterocycles. The van der Waals surface area contributed by atoms with Crippen LogP contribution in [0.1, 0.15) is 115 Å². The molecule has 0 bridgehead atoms. The number of fused-ring (bicyclic) bond motifs is 1. The van der Waals surface area contributed by atoms with Gasteiger partial charge in [-0.15, -0.1) is 6.58 Å². The summed E-state index contributed by atoms with van der Waals surface area (Å²) in [6.45, 7) is 5.89. The van der Waals surface area contributed by atoms with E-state index in [1.54, 1.807) is 6.08 Å². The highest BCUT2D eigenvalue weighted by Gasteiger charge is 2.39. The summed E-state index contributed by atoms with van der Waals surface area (Å²) >= 11 is 0. The number of carbonyl (C=O) groups is 1. The summed E-state index contributed by atoms with van der Waals surface area (Å²) in [6, 6.07) is 2.28. The molecule has 37 heavy (non-hydrogen) atoms. The van der Waals surface area contributed by atoms with Crippen LogP contribution in [0.25, 0.3) is 0 Å². The summed E-state index contributed by atoms with van der Waals surface area (Å²) in [5.74, 6) is 2.54. The van der Waals surface area contributed by atoms with Gasteiger partial charge >= 0.3 is 5.97 Å². The molecule has 1 aromatic rings. The number of hydrogen-bond donors (Lipinski definition) is 0. The molecule has 0 amide bonds. The van der Waals surface area contributed by atoms with E-state index in [1.165, 1.54) is 70.6 Å². The fourth-order valence-corrected chi connectivity index (χ4v) is 7.72. The highest BCUT2D eigenvalue weighted by Crippen LogP contribution is 2.49. The summed E-state index contributed by atoms with van der Waals surface area (Å²) < 4.78 is 34.1. The Kier molecular flexibility index (Phi) is 10.6. The number of halogens is 2. The minimum absolute atomic E-state index is 0.0235. The minimum atomic E-state index is -0.658. The molecule has 0 aliphatic heterocycles. The quantitative estimate of drug-likeness (QED) is 0.127. The molecule has 0 heterocycles. The second-order valence-corrected chi connectivity index (χ2v) is 12.3. The Hall–Kier alpha value is -1.71. The van der Waals surface area contributed by atoms with Crippen molar-refractivity contribution < 1.29 is 18.3 Å². The van der Waals surface area contributed by atoms with Gasteiger partial charge in [0.15, 0.2) is 0 Å². The molecule has 3 saturated carbocycles. The standard InChI is InChI=1S/C33H48F2O2/c1-3-5-7-8-9-23-11-12-28-20-27(18-17-26(28)19-23)24-13-15-25(16-14-24)33(36)37-29-21-31(34)30(10-6-4-2)32(35)22-29/h4,21-28H,2-3,5-20H2,1H3. The van der Waals surface area contributed by atoms with Crippen LogP contribution >= 0.6 is 0 Å². The fraction of sp³-hybridized carbons (Fsp3) is 0.727. The van der Waals surface area contributed by atoms with E-state index in [0.717, 1.165) is 67.4 Å². The number of allylic oxidation sites excluding steroid dienone is 1. The largest absolute Gasteiger partial charge is 0.426 e. The van der Waals surface area contributed by atoms with Gasteiger partial charge in [-0.25, -0.2) is 8.78 Å². The molecule has 4 rings (SSSR count). The van der Waals surface area contributed by atoms with E-state index < -0.39 is 11.6 Å². The molecule has 0 spiro atoms. The van der Waals surface area contributed by atoms with Gasteiger partial charge in [0.2, 0.25) is 0 Å². The third-order valence-electron chi connectivity index (χ3n) is 9.93. The van der Waals surface area contributed by atoms with E-state index in [4.69, 9.17) is 4.74 Å². The van der Waals surface area contributed by atoms with E-state index in [9.17, 15) is 13.6 Å². The van der Waals surface area contributed by atoms with Crippen LogP contribution in [0.15, 0.2) is 24.8 Å². The molecule has 0 saturated heterocycles. The van der Waals surface area contributed by atoms with Gasteiger partial charge in [-0.3, -0.25) is 4.79 Å². The van der Waals surface area contributed by atoms with Crippen molar-refractivity contribution >= 4 is 5.97 Å². The number of carbonyl (C=O) groups excluding carboxylic acids is 1. The van der Waals surface area contributed by atoms with Crippen molar-refractivity contribution in [3.8, 4) is 5.75 Å². The molecule has 0 N–H and O–H groups in total. The van der Waals surface area contributed by atoms with Crippen LogP contribution in [0.4, 0.5) is 8.78 Å². The van der Waals surface area contributed by atoms with Gasteiger partial charge in [0.25, 0.3) is 0 Å². The maximum absolute atomic E-state index is 14.3. The number of ether oxygens (including phenoxy) is 1. The van der Waals surface area contributed by atoms with Crippen molar-refractivity contribution in [2.45, 2.75) is 116 Å². The average Bonchev–Trinajstić information content (AvgIpc) is 2.90. The van der Waals surface area contributed by atoms with E-state index in [0.29, 0.717) is 6.42 Å². The molecule has 4 atom stereocenters. The van der Waals surface area contributed by atoms with Crippen molar-refractivity contribution in [2.75, 3.05) is 0 Å². The molecule has 4 heteroatoms. The number of hydrogen-bond acceptors (Lipinski definition) is 2. The molecular formula is C33H48F2O2. The number of benzene rings is 1. The van der Waals surface area contributed by atoms with Crippen molar-refractivity contribution in [1.82, 2.24) is 0 Å². The Balaban J connectivity index is 1.20. The molecule has 3 aliphatic carbocycles. The Morgan fingerprint density at radius 1 is 0.892 bits per heavy atom. The predicted octanol–water partition coefficient (Wildman–Crippen LogP) is 9.60. The van der Waals surface area contributed by atoms with Crippen molar-refractivity contribution in [3.05, 3.63) is 42.0 Å². The van der Waals surface area contributed by atoms with Crippen LogP contribution in [0.5, 0.6) is 5.75 Å². The van der Waals surface area contributed by atoms with E-state index in [2.05, 4.69) is 13.5 Å². The number of esters is 1. The first-order chi connectivity index (χ1) is 18.0. The second kappa shape index (κ2) is 13.9. The fourth-order valence-electron chi connectivity index (χ4n) is 7.72. The van der Waals surface area contributed by atoms with E-state index in [1.807, 2.05) is 0 Å². The lowest BCUT2D eigenvalue weighted by Gasteiger charge is -2.45. The van der Waals surface area contributed by atoms with Gasteiger partial charge in [-0.05, 0) is 100 Å². The molecule has 2 nitrogen and oxygen atoms in total. The van der Waals surface area contributed by atoms with E-state index >= 15 is 0 Å². The topological polar surface area (TPSA) is 26.3 Å². The average molecular weight is 515 g/mol. The number of unbranched alkanes of at least 4 members (excludes halogenated alkanes) is 3. The maximum atomic E-state index is 14.3. The zero-order chi connectivity index (χ0) is 26.2. The van der Waals surface area contributed by atoms with Gasteiger partial charge in [0.05, 0.1) is 5.92 Å². The van der Waals surface area contributed by atoms with Crippen LogP contribution in [0.2, 0.25) is 0 Å². The van der Waals surface area contributed by atoms with Gasteiger partial charge in [-0.1, -0.05) is 51.5 Å². The summed E-state index contributed by atoms with van der Waals surface area (Å²) in [6.07, 6.45) is 21.7. The van der Waals surface area contributed by atoms with Gasteiger partial charge in [0, 0.05) is 17.7 Å². The maximum Gasteiger partial charge on any atom is 0.314 e. The van der Waals surface area contributed by atoms with Crippen LogP contribution in [-0.4, -0.2) is 5.97 Å². The Labute approximate surface area is 223 Å². The van der Waals surface area contributed by atoms with Crippen molar-refractivity contribution in [3.63, 3.8) is 0 Å². The summed E-state index contributed by atoms with van der Waals surface area (Å²) in [7, 11) is 0. The molecular weight excluding hydrogens is 466 g/mol. The third-order valence-corrected chi connectivity index (χ3v) is 9.93. The van der Waals surface area contributed by atoms with Crippen molar-refractivity contribution in [2.24, 2.45) is 35.5 Å². The monoisotopic (exact) mass is 514 g/mol. The van der Waals surface area contributed by atoms with Gasteiger partial charge < -0.3 is 4.74 Å². The van der Waals surface area contributed by atoms with Crippen LogP contribution in [0.3, 0.4) is 0 Å². The molecule has 0 radical (unpaired) electrons. The highest BCUT2D eigenvalue weighted by atomic mass is 19.1. The minimum Gasteiger partial charge on any atom is -0.426 e. The predicted molar refractivity (Wildman–Crippen MR) is 146 cm³/mol. The Morgan fingerprint density at radius 3 is 2.19 bits per heavy atom. The van der Waals surface area contributed by atoms with Crippen molar-refractivity contribution in [1.29, 1.82) is 0 Å². The number of rotatable bonds is 11. The van der Waals surface area contributed by atoms with Gasteiger partial charge in [-0.2, -0.15) is 0 Å². The normalized spacial score (nSPS) is 29.9. The first-order valence-electron chi connectivity index (χ1n) is 15.3. The summed E-state index contributed by atoms with van der Waals surface area (Å²) in [5.41, 5.74) is 0.0235. The Morgan fingerprint density at radius 2 is 1.51 bits per heavy atom. The first kappa shape index (κ1) is 28.3. The highest BCUT2D eigenvalue weighted by molar-refractivity contribution is 5.75. The molecule has 4 unspecified atom stereocenters. The molecule has 3 fully saturated rings. The SMILES string of the molecule is C=CCCc1c(F)cc(OC(=O)C2CCC(C3CCC4CC(CCCCCC)CCC4C3)CC2)cc1F. The lowest BCUT2D eigenvalue weighted by Crippen LogP contribution is -2.35. The zero-order valence-electron chi connectivity index (χ0n) is 23.0. The molecule has 3 aliphatic rings. The third kappa shape index (κ3) is 7.67. The smallest absolute Gasteiger partial charge is 0.314 e. The lowest BCUT2D eigenvalue weighted by molar-refractivity contribution is -0.140.